The Kier molecular flexibility index (Phi) is 3.24. The molecule has 2 heterocycles. The Morgan fingerprint density at radius 2 is 1.33 bits per heavy atom. The lowest BCUT2D eigenvalue weighted by molar-refractivity contribution is 0.475. The number of thiophene rings is 2. The van der Waals surface area contributed by atoms with Crippen LogP contribution in [0.15, 0.2) is 52.3 Å². The fraction of sp³-hybridized carbons (Fsp3) is 0. The number of rotatable bonds is 2. The lowest BCUT2D eigenvalue weighted by atomic mass is 10.2. The maximum Gasteiger partial charge on any atom is 0.115 e. The van der Waals surface area contributed by atoms with Crippen molar-refractivity contribution in [1.29, 1.82) is 0 Å². The Labute approximate surface area is 121 Å². The van der Waals surface area contributed by atoms with E-state index in [0.717, 1.165) is 9.35 Å². The van der Waals surface area contributed by atoms with E-state index in [9.17, 15) is 5.11 Å². The summed E-state index contributed by atoms with van der Waals surface area (Å²) < 4.78 is 1.15. The van der Waals surface area contributed by atoms with Crippen molar-refractivity contribution in [2.45, 2.75) is 0 Å². The molecule has 0 bridgehead atoms. The molecule has 90 valence electrons. The summed E-state index contributed by atoms with van der Waals surface area (Å²) >= 11 is 6.99. The van der Waals surface area contributed by atoms with E-state index in [1.54, 1.807) is 34.8 Å². The number of benzene rings is 1. The molecular weight excluding hydrogens is 328 g/mol. The summed E-state index contributed by atoms with van der Waals surface area (Å²) in [6.45, 7) is 0. The van der Waals surface area contributed by atoms with Gasteiger partial charge in [-0.15, -0.1) is 22.7 Å². The highest BCUT2D eigenvalue weighted by Crippen LogP contribution is 2.39. The smallest absolute Gasteiger partial charge is 0.115 e. The van der Waals surface area contributed by atoms with Gasteiger partial charge in [0.2, 0.25) is 0 Å². The van der Waals surface area contributed by atoms with Crippen molar-refractivity contribution in [2.24, 2.45) is 0 Å². The van der Waals surface area contributed by atoms with Crippen molar-refractivity contribution in [3.8, 4) is 25.9 Å². The molecule has 0 radical (unpaired) electrons. The van der Waals surface area contributed by atoms with Crippen LogP contribution < -0.4 is 0 Å². The minimum atomic E-state index is 0.303. The number of phenolic OH excluding ortho intramolecular Hbond substituents is 1. The second-order valence-electron chi connectivity index (χ2n) is 3.81. The first kappa shape index (κ1) is 12.0. The fourth-order valence-corrected chi connectivity index (χ4v) is 4.19. The Hall–Kier alpha value is -1.10. The molecule has 18 heavy (non-hydrogen) atoms. The Balaban J connectivity index is 1.96. The molecule has 0 saturated heterocycles. The molecule has 1 N–H and O–H groups in total. The van der Waals surface area contributed by atoms with E-state index in [2.05, 4.69) is 40.2 Å². The summed E-state index contributed by atoms with van der Waals surface area (Å²) in [5, 5.41) is 9.29. The molecule has 1 aromatic carbocycles. The van der Waals surface area contributed by atoms with Gasteiger partial charge in [0.1, 0.15) is 5.75 Å². The monoisotopic (exact) mass is 336 g/mol. The summed E-state index contributed by atoms with van der Waals surface area (Å²) in [5.74, 6) is 0.303. The van der Waals surface area contributed by atoms with Crippen LogP contribution in [-0.4, -0.2) is 5.11 Å². The SMILES string of the molecule is Oc1ccc(-c2ccc(-c3ccc(Br)s3)s2)cc1. The van der Waals surface area contributed by atoms with Crippen LogP contribution >= 0.6 is 38.6 Å². The largest absolute Gasteiger partial charge is 0.508 e. The van der Waals surface area contributed by atoms with E-state index >= 15 is 0 Å². The number of hydrogen-bond donors (Lipinski definition) is 1. The molecule has 0 spiro atoms. The highest BCUT2D eigenvalue weighted by molar-refractivity contribution is 9.11. The molecule has 2 aromatic heterocycles. The van der Waals surface area contributed by atoms with Gasteiger partial charge in [-0.2, -0.15) is 0 Å². The Morgan fingerprint density at radius 3 is 2.00 bits per heavy atom. The van der Waals surface area contributed by atoms with Gasteiger partial charge < -0.3 is 5.11 Å². The first-order chi connectivity index (χ1) is 8.72. The van der Waals surface area contributed by atoms with E-state index in [4.69, 9.17) is 0 Å². The van der Waals surface area contributed by atoms with Gasteiger partial charge in [-0.1, -0.05) is 0 Å². The topological polar surface area (TPSA) is 20.2 Å². The highest BCUT2D eigenvalue weighted by atomic mass is 79.9. The third-order valence-electron chi connectivity index (χ3n) is 2.57. The molecule has 0 amide bonds. The summed E-state index contributed by atoms with van der Waals surface area (Å²) in [4.78, 5) is 3.76. The highest BCUT2D eigenvalue weighted by Gasteiger charge is 2.06. The van der Waals surface area contributed by atoms with Crippen LogP contribution in [0, 0.1) is 0 Å². The van der Waals surface area contributed by atoms with E-state index < -0.39 is 0 Å². The van der Waals surface area contributed by atoms with Crippen molar-refractivity contribution in [1.82, 2.24) is 0 Å². The number of halogens is 1. The van der Waals surface area contributed by atoms with Gasteiger partial charge in [0.25, 0.3) is 0 Å². The second-order valence-corrected chi connectivity index (χ2v) is 7.36. The van der Waals surface area contributed by atoms with Crippen LogP contribution in [-0.2, 0) is 0 Å². The minimum Gasteiger partial charge on any atom is -0.508 e. The lowest BCUT2D eigenvalue weighted by Crippen LogP contribution is -1.69. The number of phenols is 1. The summed E-state index contributed by atoms with van der Waals surface area (Å²) in [6.07, 6.45) is 0. The number of hydrogen-bond acceptors (Lipinski definition) is 3. The standard InChI is InChI=1S/C14H9BrOS2/c15-14-8-7-13(18-14)12-6-5-11(17-12)9-1-3-10(16)4-2-9/h1-8,16H. The molecule has 0 fully saturated rings. The van der Waals surface area contributed by atoms with Crippen molar-refractivity contribution >= 4 is 38.6 Å². The zero-order valence-electron chi connectivity index (χ0n) is 9.26. The van der Waals surface area contributed by atoms with E-state index in [1.165, 1.54) is 14.6 Å². The molecule has 4 heteroatoms. The molecular formula is C14H9BrOS2. The average molecular weight is 337 g/mol. The fourth-order valence-electron chi connectivity index (χ4n) is 1.70. The van der Waals surface area contributed by atoms with Crippen LogP contribution in [0.1, 0.15) is 0 Å². The first-order valence-corrected chi connectivity index (χ1v) is 7.80. The molecule has 1 nitrogen and oxygen atoms in total. The molecule has 0 unspecified atom stereocenters. The molecule has 0 aliphatic heterocycles. The molecule has 0 aliphatic carbocycles. The van der Waals surface area contributed by atoms with Crippen LogP contribution in [0.2, 0.25) is 0 Å². The molecule has 3 rings (SSSR count). The molecule has 0 atom stereocenters. The summed E-state index contributed by atoms with van der Waals surface area (Å²) in [7, 11) is 0. The average Bonchev–Trinajstić information content (AvgIpc) is 2.98. The van der Waals surface area contributed by atoms with Gasteiger partial charge >= 0.3 is 0 Å². The zero-order valence-corrected chi connectivity index (χ0v) is 12.5. The predicted molar refractivity (Wildman–Crippen MR) is 82.4 cm³/mol. The van der Waals surface area contributed by atoms with E-state index in [-0.39, 0.29) is 0 Å². The van der Waals surface area contributed by atoms with Gasteiger partial charge in [0, 0.05) is 14.6 Å². The van der Waals surface area contributed by atoms with E-state index in [1.807, 2.05) is 12.1 Å². The normalized spacial score (nSPS) is 10.7. The maximum absolute atomic E-state index is 9.29. The predicted octanol–water partition coefficient (Wildman–Crippen LogP) is 5.61. The molecule has 0 saturated carbocycles. The third kappa shape index (κ3) is 2.36. The van der Waals surface area contributed by atoms with Crippen LogP contribution in [0.4, 0.5) is 0 Å². The van der Waals surface area contributed by atoms with Crippen LogP contribution in [0.5, 0.6) is 5.75 Å². The third-order valence-corrected chi connectivity index (χ3v) is 5.53. The second kappa shape index (κ2) is 4.88. The van der Waals surface area contributed by atoms with Gasteiger partial charge in [-0.05, 0) is 70.0 Å². The van der Waals surface area contributed by atoms with Crippen molar-refractivity contribution in [2.75, 3.05) is 0 Å². The van der Waals surface area contributed by atoms with Gasteiger partial charge in [-0.25, -0.2) is 0 Å². The minimum absolute atomic E-state index is 0.303. The van der Waals surface area contributed by atoms with Crippen molar-refractivity contribution in [3.63, 3.8) is 0 Å². The summed E-state index contributed by atoms with van der Waals surface area (Å²) in [6, 6.07) is 15.8. The zero-order chi connectivity index (χ0) is 12.5. The van der Waals surface area contributed by atoms with Crippen LogP contribution in [0.3, 0.4) is 0 Å². The van der Waals surface area contributed by atoms with Gasteiger partial charge in [-0.3, -0.25) is 0 Å². The molecule has 3 aromatic rings. The summed E-state index contributed by atoms with van der Waals surface area (Å²) in [5.41, 5.74) is 1.14. The van der Waals surface area contributed by atoms with Crippen LogP contribution in [0.25, 0.3) is 20.2 Å². The Morgan fingerprint density at radius 1 is 0.722 bits per heavy atom. The molecule has 0 aliphatic rings. The first-order valence-electron chi connectivity index (χ1n) is 5.37. The lowest BCUT2D eigenvalue weighted by Gasteiger charge is -1.97. The quantitative estimate of drug-likeness (QED) is 0.644. The van der Waals surface area contributed by atoms with Gasteiger partial charge in [0.15, 0.2) is 0 Å². The van der Waals surface area contributed by atoms with E-state index in [0.29, 0.717) is 5.75 Å². The van der Waals surface area contributed by atoms with Crippen molar-refractivity contribution in [3.05, 3.63) is 52.3 Å². The maximum atomic E-state index is 9.29. The Bertz CT molecular complexity index is 667. The number of aromatic hydroxyl groups is 1. The van der Waals surface area contributed by atoms with Gasteiger partial charge in [0.05, 0.1) is 3.79 Å². The van der Waals surface area contributed by atoms with Crippen molar-refractivity contribution < 1.29 is 5.11 Å².